The van der Waals surface area contributed by atoms with Gasteiger partial charge in [-0.15, -0.1) is 0 Å². The first-order valence-electron chi connectivity index (χ1n) is 34.8. The Morgan fingerprint density at radius 2 is 0.722 bits per heavy atom. The molecule has 3 aliphatic rings. The van der Waals surface area contributed by atoms with E-state index in [-0.39, 0.29) is 95.8 Å². The lowest BCUT2D eigenvalue weighted by Crippen LogP contribution is -2.62. The van der Waals surface area contributed by atoms with Crippen molar-refractivity contribution >= 4 is 64.8 Å². The van der Waals surface area contributed by atoms with E-state index >= 15 is 14.4 Å². The number of hydrogen-bond donors (Lipinski definition) is 10. The number of anilines is 1. The monoisotopic (exact) mass is 1340 g/mol. The van der Waals surface area contributed by atoms with Gasteiger partial charge in [-0.05, 0) is 135 Å². The smallest absolute Gasteiger partial charge is 0.246 e. The maximum absolute atomic E-state index is 15.5. The Bertz CT molecular complexity index is 3220. The van der Waals surface area contributed by atoms with Gasteiger partial charge in [-0.25, -0.2) is 0 Å². The molecule has 3 aliphatic heterocycles. The van der Waals surface area contributed by atoms with E-state index in [1.54, 1.807) is 39.8 Å². The SMILES string of the molecule is CC(C)C[C@@H]1NC(=O)[C@H](CCCN)NC(=O)[C@H](C(C)C)NC(=O)[C@@H]2CCCN2C(=O)[C@H](Cc2ccccc2)NC(=O)[C@H](CC(C)C)NC(=O)[C@H](CCCN)NC(=O)[C@H](C(C)C)NC(=O)[C@@H]2CCCN2C(=O)[C@H](Cc2ccc(N(Cc3ccccc3)Cc3ccccc3)cc2)NC1=O. The zero-order valence-corrected chi connectivity index (χ0v) is 57.9. The van der Waals surface area contributed by atoms with Gasteiger partial charge in [0.05, 0.1) is 0 Å². The Labute approximate surface area is 572 Å². The van der Waals surface area contributed by atoms with E-state index in [4.69, 9.17) is 11.5 Å². The van der Waals surface area contributed by atoms with Crippen molar-refractivity contribution in [3.05, 3.63) is 138 Å². The predicted molar refractivity (Wildman–Crippen MR) is 373 cm³/mol. The largest absolute Gasteiger partial charge is 0.363 e. The third kappa shape index (κ3) is 22.2. The molecule has 526 valence electrons. The topological polar surface area (TPSA) is 329 Å². The van der Waals surface area contributed by atoms with Gasteiger partial charge < -0.3 is 68.7 Å². The molecule has 97 heavy (non-hydrogen) atoms. The summed E-state index contributed by atoms with van der Waals surface area (Å²) in [6.45, 7) is 16.2. The molecule has 23 nitrogen and oxygen atoms in total. The van der Waals surface area contributed by atoms with E-state index in [0.717, 1.165) is 16.8 Å². The summed E-state index contributed by atoms with van der Waals surface area (Å²) < 4.78 is 0. The minimum absolute atomic E-state index is 0.0201. The Hall–Kier alpha value is -8.70. The van der Waals surface area contributed by atoms with E-state index in [1.165, 1.54) is 9.80 Å². The molecule has 0 unspecified atom stereocenters. The van der Waals surface area contributed by atoms with Crippen LogP contribution in [-0.4, -0.2) is 155 Å². The highest BCUT2D eigenvalue weighted by molar-refractivity contribution is 6.00. The number of carbonyl (C=O) groups excluding carboxylic acids is 10. The van der Waals surface area contributed by atoms with Gasteiger partial charge in [0.1, 0.15) is 60.4 Å². The first-order chi connectivity index (χ1) is 46.4. The highest BCUT2D eigenvalue weighted by Gasteiger charge is 2.43. The third-order valence-electron chi connectivity index (χ3n) is 18.2. The number of fused-ring (bicyclic) bond motifs is 2. The molecule has 10 atom stereocenters. The summed E-state index contributed by atoms with van der Waals surface area (Å²) in [6, 6.07) is 24.9. The van der Waals surface area contributed by atoms with Crippen molar-refractivity contribution in [2.24, 2.45) is 35.1 Å². The summed E-state index contributed by atoms with van der Waals surface area (Å²) in [4.78, 5) is 154. The van der Waals surface area contributed by atoms with Gasteiger partial charge in [0.2, 0.25) is 59.1 Å². The van der Waals surface area contributed by atoms with Crippen molar-refractivity contribution in [2.45, 2.75) is 206 Å². The second-order valence-electron chi connectivity index (χ2n) is 27.7. The van der Waals surface area contributed by atoms with Crippen LogP contribution >= 0.6 is 0 Å². The Kier molecular flexibility index (Phi) is 29.0. The van der Waals surface area contributed by atoms with Crippen molar-refractivity contribution in [1.29, 1.82) is 0 Å². The van der Waals surface area contributed by atoms with Crippen molar-refractivity contribution in [2.75, 3.05) is 31.1 Å². The maximum atomic E-state index is 15.5. The highest BCUT2D eigenvalue weighted by Crippen LogP contribution is 2.26. The van der Waals surface area contributed by atoms with Crippen LogP contribution in [0.1, 0.15) is 142 Å². The van der Waals surface area contributed by atoms with E-state index in [9.17, 15) is 33.6 Å². The van der Waals surface area contributed by atoms with Crippen LogP contribution in [0.15, 0.2) is 115 Å². The molecule has 12 N–H and O–H groups in total. The fraction of sp³-hybridized carbons (Fsp3) is 0.541. The van der Waals surface area contributed by atoms with Crippen LogP contribution in [-0.2, 0) is 73.9 Å². The lowest BCUT2D eigenvalue weighted by Gasteiger charge is -2.33. The van der Waals surface area contributed by atoms with Crippen molar-refractivity contribution < 1.29 is 47.9 Å². The highest BCUT2D eigenvalue weighted by atomic mass is 16.2. The first kappa shape index (κ1) is 75.7. The minimum atomic E-state index is -1.29. The second kappa shape index (κ2) is 37.1. The summed E-state index contributed by atoms with van der Waals surface area (Å²) in [5.74, 6) is -7.94. The van der Waals surface area contributed by atoms with Crippen LogP contribution in [0, 0.1) is 23.7 Å². The van der Waals surface area contributed by atoms with Gasteiger partial charge in [-0.2, -0.15) is 0 Å². The summed E-state index contributed by atoms with van der Waals surface area (Å²) in [5, 5.41) is 23.2. The molecule has 10 amide bonds. The van der Waals surface area contributed by atoms with E-state index in [2.05, 4.69) is 71.7 Å². The van der Waals surface area contributed by atoms with Crippen molar-refractivity contribution in [1.82, 2.24) is 52.3 Å². The number of hydrogen-bond acceptors (Lipinski definition) is 13. The Morgan fingerprint density at radius 1 is 0.392 bits per heavy atom. The molecule has 3 fully saturated rings. The van der Waals surface area contributed by atoms with Gasteiger partial charge >= 0.3 is 0 Å². The molecule has 3 heterocycles. The van der Waals surface area contributed by atoms with Crippen molar-refractivity contribution in [3.8, 4) is 0 Å². The molecule has 3 saturated heterocycles. The van der Waals surface area contributed by atoms with Gasteiger partial charge in [0.25, 0.3) is 0 Å². The van der Waals surface area contributed by atoms with Crippen molar-refractivity contribution in [3.63, 3.8) is 0 Å². The molecule has 4 aromatic rings. The van der Waals surface area contributed by atoms with Crippen LogP contribution in [0.3, 0.4) is 0 Å². The number of nitrogens with zero attached hydrogens (tertiary/aromatic N) is 3. The minimum Gasteiger partial charge on any atom is -0.363 e. The molecule has 0 aromatic heterocycles. The van der Waals surface area contributed by atoms with Gasteiger partial charge in [0.15, 0.2) is 0 Å². The summed E-state index contributed by atoms with van der Waals surface area (Å²) in [7, 11) is 0. The molecule has 0 aliphatic carbocycles. The zero-order valence-electron chi connectivity index (χ0n) is 57.9. The number of rotatable bonds is 21. The van der Waals surface area contributed by atoms with Gasteiger partial charge in [0, 0.05) is 44.7 Å². The summed E-state index contributed by atoms with van der Waals surface area (Å²) in [6.07, 6.45) is 2.22. The lowest BCUT2D eigenvalue weighted by molar-refractivity contribution is -0.143. The number of carbonyl (C=O) groups is 10. The molecular formula is C74H105N13O10. The zero-order chi connectivity index (χ0) is 70.3. The maximum Gasteiger partial charge on any atom is 0.246 e. The normalized spacial score (nSPS) is 24.2. The molecular weight excluding hydrogens is 1230 g/mol. The standard InChI is InChI=1S/C74H105N13O10/c1-46(2)40-57-67(90)81-59(42-50-22-12-9-13-23-50)73(96)86-38-20-30-61(86)69(92)83-63(48(5)6)71(94)78-56(29-19-37-76)66(89)80-58(41-47(3)4)68(91)82-60(43-51-32-34-54(35-33-51)85(44-52-24-14-10-15-25-52)45-53-26-16-11-17-27-53)74(97)87-39-21-31-62(87)70(93)84-64(49(7)8)72(95)77-55(28-18-36-75)65(88)79-57/h9-17,22-27,32-35,46-49,55-64H,18-21,28-31,36-45,75-76H2,1-8H3,(H,77,95)(H,78,94)(H,79,88)(H,80,89)(H,81,90)(H,82,91)(H,83,92)(H,84,93)/t55-,56-,57-,58-,59-,60-,61-,62-,63-,64-/m0/s1. The van der Waals surface area contributed by atoms with E-state index in [1.807, 2.05) is 107 Å². The average molecular weight is 1340 g/mol. The Balaban J connectivity index is 1.27. The van der Waals surface area contributed by atoms with Crippen LogP contribution in [0.4, 0.5) is 5.69 Å². The molecule has 7 rings (SSSR count). The lowest BCUT2D eigenvalue weighted by atomic mass is 9.98. The Morgan fingerprint density at radius 3 is 1.07 bits per heavy atom. The van der Waals surface area contributed by atoms with Gasteiger partial charge in [-0.3, -0.25) is 47.9 Å². The van der Waals surface area contributed by atoms with Crippen LogP contribution in [0.2, 0.25) is 0 Å². The number of nitrogens with one attached hydrogen (secondary N) is 8. The van der Waals surface area contributed by atoms with Crippen LogP contribution < -0.4 is 58.9 Å². The van der Waals surface area contributed by atoms with Crippen LogP contribution in [0.5, 0.6) is 0 Å². The average Bonchev–Trinajstić information content (AvgIpc) is 1.47. The van der Waals surface area contributed by atoms with Crippen LogP contribution in [0.25, 0.3) is 0 Å². The molecule has 0 spiro atoms. The first-order valence-corrected chi connectivity index (χ1v) is 34.8. The number of amides is 10. The summed E-state index contributed by atoms with van der Waals surface area (Å²) >= 11 is 0. The molecule has 0 radical (unpaired) electrons. The summed E-state index contributed by atoms with van der Waals surface area (Å²) in [5.41, 5.74) is 16.5. The molecule has 0 bridgehead atoms. The molecule has 4 aromatic carbocycles. The van der Waals surface area contributed by atoms with Gasteiger partial charge in [-0.1, -0.05) is 159 Å². The van der Waals surface area contributed by atoms with E-state index in [0.29, 0.717) is 43.5 Å². The molecule has 23 heteroatoms. The van der Waals surface area contributed by atoms with E-state index < -0.39 is 131 Å². The quantitative estimate of drug-likeness (QED) is 0.0553. The fourth-order valence-electron chi connectivity index (χ4n) is 12.9. The fourth-order valence-corrected chi connectivity index (χ4v) is 12.9. The predicted octanol–water partition coefficient (Wildman–Crippen LogP) is 4.43. The number of nitrogens with two attached hydrogens (primary N) is 2. The second-order valence-corrected chi connectivity index (χ2v) is 27.7. The molecule has 0 saturated carbocycles. The number of benzene rings is 4. The third-order valence-corrected chi connectivity index (χ3v) is 18.2.